The maximum absolute atomic E-state index is 12.1. The molecule has 2 aromatic heterocycles. The van der Waals surface area contributed by atoms with Crippen molar-refractivity contribution >= 4 is 27.5 Å². The Labute approximate surface area is 126 Å². The quantitative estimate of drug-likeness (QED) is 0.804. The molecule has 0 radical (unpaired) electrons. The molecule has 1 N–H and O–H groups in total. The molecule has 1 aromatic carbocycles. The van der Waals surface area contributed by atoms with Gasteiger partial charge in [0.1, 0.15) is 0 Å². The van der Waals surface area contributed by atoms with E-state index in [-0.39, 0.29) is 5.91 Å². The van der Waals surface area contributed by atoms with Gasteiger partial charge in [-0.25, -0.2) is 4.98 Å². The van der Waals surface area contributed by atoms with Crippen molar-refractivity contribution in [1.82, 2.24) is 20.1 Å². The Morgan fingerprint density at radius 2 is 2.19 bits per heavy atom. The Bertz CT molecular complexity index is 737. The minimum atomic E-state index is -0.121. The fourth-order valence-electron chi connectivity index (χ4n) is 2.11. The van der Waals surface area contributed by atoms with Crippen molar-refractivity contribution in [3.05, 3.63) is 46.7 Å². The molecule has 3 aromatic rings. The van der Waals surface area contributed by atoms with Crippen LogP contribution in [0, 0.1) is 6.92 Å². The predicted molar refractivity (Wildman–Crippen MR) is 83.6 cm³/mol. The number of hydrogen-bond acceptors (Lipinski definition) is 4. The maximum atomic E-state index is 12.1. The number of benzene rings is 1. The highest BCUT2D eigenvalue weighted by Crippen LogP contribution is 2.21. The molecular weight excluding hydrogens is 284 g/mol. The van der Waals surface area contributed by atoms with E-state index in [4.69, 9.17) is 0 Å². The third kappa shape index (κ3) is 2.95. The number of carbonyl (C=O) groups excluding carboxylic acids is 1. The zero-order chi connectivity index (χ0) is 14.8. The van der Waals surface area contributed by atoms with E-state index in [0.29, 0.717) is 11.6 Å². The van der Waals surface area contributed by atoms with Gasteiger partial charge in [-0.15, -0.1) is 11.3 Å². The van der Waals surface area contributed by atoms with Gasteiger partial charge in [0.15, 0.2) is 5.01 Å². The van der Waals surface area contributed by atoms with E-state index in [1.807, 2.05) is 49.0 Å². The molecule has 1 amide bonds. The van der Waals surface area contributed by atoms with Crippen LogP contribution in [0.3, 0.4) is 0 Å². The molecule has 0 bridgehead atoms. The Kier molecular flexibility index (Phi) is 3.70. The summed E-state index contributed by atoms with van der Waals surface area (Å²) in [5.74, 6) is -0.121. The normalized spacial score (nSPS) is 11.0. The summed E-state index contributed by atoms with van der Waals surface area (Å²) < 4.78 is 2.87. The first-order chi connectivity index (χ1) is 10.1. The van der Waals surface area contributed by atoms with Crippen molar-refractivity contribution in [1.29, 1.82) is 0 Å². The van der Waals surface area contributed by atoms with Crippen molar-refractivity contribution in [3.8, 4) is 0 Å². The number of carbonyl (C=O) groups is 1. The summed E-state index contributed by atoms with van der Waals surface area (Å²) in [5.41, 5.74) is 2.97. The lowest BCUT2D eigenvalue weighted by atomic mass is 10.3. The van der Waals surface area contributed by atoms with Crippen LogP contribution in [-0.2, 0) is 13.5 Å². The molecule has 2 heterocycles. The van der Waals surface area contributed by atoms with Crippen molar-refractivity contribution in [3.63, 3.8) is 0 Å². The molecule has 0 saturated carbocycles. The zero-order valence-electron chi connectivity index (χ0n) is 12.0. The van der Waals surface area contributed by atoms with Crippen molar-refractivity contribution in [2.75, 3.05) is 6.54 Å². The van der Waals surface area contributed by atoms with E-state index in [1.54, 1.807) is 0 Å². The summed E-state index contributed by atoms with van der Waals surface area (Å²) in [4.78, 5) is 16.4. The largest absolute Gasteiger partial charge is 0.350 e. The van der Waals surface area contributed by atoms with E-state index < -0.39 is 0 Å². The molecule has 21 heavy (non-hydrogen) atoms. The van der Waals surface area contributed by atoms with Crippen LogP contribution >= 0.6 is 11.3 Å². The van der Waals surface area contributed by atoms with Gasteiger partial charge < -0.3 is 5.32 Å². The predicted octanol–water partition coefficient (Wildman–Crippen LogP) is 2.31. The van der Waals surface area contributed by atoms with Crippen LogP contribution in [0.15, 0.2) is 30.3 Å². The van der Waals surface area contributed by atoms with Crippen LogP contribution in [0.25, 0.3) is 10.2 Å². The van der Waals surface area contributed by atoms with E-state index >= 15 is 0 Å². The molecule has 0 atom stereocenters. The fourth-order valence-corrected chi connectivity index (χ4v) is 2.99. The Morgan fingerprint density at radius 3 is 2.90 bits per heavy atom. The monoisotopic (exact) mass is 300 g/mol. The molecular formula is C15H16N4OS. The number of rotatable bonds is 4. The van der Waals surface area contributed by atoms with Crippen molar-refractivity contribution in [2.45, 2.75) is 13.3 Å². The maximum Gasteiger partial charge on any atom is 0.280 e. The average molecular weight is 300 g/mol. The molecule has 0 fully saturated rings. The minimum Gasteiger partial charge on any atom is -0.350 e. The summed E-state index contributed by atoms with van der Waals surface area (Å²) in [5, 5.41) is 7.77. The van der Waals surface area contributed by atoms with Crippen LogP contribution in [0.1, 0.15) is 21.2 Å². The summed E-state index contributed by atoms with van der Waals surface area (Å²) >= 11 is 1.42. The number of aryl methyl sites for hydroxylation is 2. The molecule has 3 rings (SSSR count). The highest BCUT2D eigenvalue weighted by atomic mass is 32.1. The van der Waals surface area contributed by atoms with E-state index in [2.05, 4.69) is 15.4 Å². The second kappa shape index (κ2) is 5.65. The lowest BCUT2D eigenvalue weighted by molar-refractivity contribution is 0.0954. The number of nitrogens with zero attached hydrogens (tertiary/aromatic N) is 3. The lowest BCUT2D eigenvalue weighted by Crippen LogP contribution is -2.25. The van der Waals surface area contributed by atoms with Crippen LogP contribution < -0.4 is 5.32 Å². The second-order valence-corrected chi connectivity index (χ2v) is 5.92. The summed E-state index contributed by atoms with van der Waals surface area (Å²) in [6.45, 7) is 2.57. The van der Waals surface area contributed by atoms with Crippen LogP contribution in [0.2, 0.25) is 0 Å². The molecule has 0 unspecified atom stereocenters. The van der Waals surface area contributed by atoms with Gasteiger partial charge in [-0.2, -0.15) is 5.10 Å². The molecule has 0 aliphatic carbocycles. The van der Waals surface area contributed by atoms with Gasteiger partial charge in [0.05, 0.1) is 15.9 Å². The number of amides is 1. The molecule has 108 valence electrons. The van der Waals surface area contributed by atoms with E-state index in [1.165, 1.54) is 11.3 Å². The first-order valence-corrected chi connectivity index (χ1v) is 7.58. The number of aromatic nitrogens is 3. The number of thiazole rings is 1. The van der Waals surface area contributed by atoms with Crippen molar-refractivity contribution < 1.29 is 4.79 Å². The topological polar surface area (TPSA) is 59.8 Å². The zero-order valence-corrected chi connectivity index (χ0v) is 12.8. The third-order valence-corrected chi connectivity index (χ3v) is 4.35. The third-order valence-electron chi connectivity index (χ3n) is 3.32. The van der Waals surface area contributed by atoms with Crippen LogP contribution in [0.4, 0.5) is 0 Å². The molecule has 0 spiro atoms. The van der Waals surface area contributed by atoms with Gasteiger partial charge in [-0.3, -0.25) is 9.48 Å². The highest BCUT2D eigenvalue weighted by Gasteiger charge is 2.11. The number of para-hydroxylation sites is 1. The fraction of sp³-hybridized carbons (Fsp3) is 0.267. The van der Waals surface area contributed by atoms with Crippen LogP contribution in [0.5, 0.6) is 0 Å². The summed E-state index contributed by atoms with van der Waals surface area (Å²) in [6.07, 6.45) is 0.721. The summed E-state index contributed by atoms with van der Waals surface area (Å²) in [6, 6.07) is 9.79. The van der Waals surface area contributed by atoms with Gasteiger partial charge >= 0.3 is 0 Å². The van der Waals surface area contributed by atoms with Crippen molar-refractivity contribution in [2.24, 2.45) is 7.05 Å². The molecule has 5 nitrogen and oxygen atoms in total. The van der Waals surface area contributed by atoms with Crippen LogP contribution in [-0.4, -0.2) is 27.2 Å². The van der Waals surface area contributed by atoms with Gasteiger partial charge in [0.25, 0.3) is 5.91 Å². The second-order valence-electron chi connectivity index (χ2n) is 4.89. The van der Waals surface area contributed by atoms with Gasteiger partial charge in [0.2, 0.25) is 0 Å². The molecule has 6 heteroatoms. The Hall–Kier alpha value is -2.21. The lowest BCUT2D eigenvalue weighted by Gasteiger charge is -2.00. The molecule has 0 saturated heterocycles. The summed E-state index contributed by atoms with van der Waals surface area (Å²) in [7, 11) is 1.92. The first-order valence-electron chi connectivity index (χ1n) is 6.77. The Balaban J connectivity index is 1.61. The number of hydrogen-bond donors (Lipinski definition) is 1. The smallest absolute Gasteiger partial charge is 0.280 e. The molecule has 0 aliphatic heterocycles. The van der Waals surface area contributed by atoms with E-state index in [9.17, 15) is 4.79 Å². The highest BCUT2D eigenvalue weighted by molar-refractivity contribution is 7.20. The van der Waals surface area contributed by atoms with Gasteiger partial charge in [-0.05, 0) is 25.1 Å². The first kappa shape index (κ1) is 13.8. The standard InChI is InChI=1S/C15H16N4OS/c1-10-9-11(18-19(10)2)7-8-16-14(20)15-17-12-5-3-4-6-13(12)21-15/h3-6,9H,7-8H2,1-2H3,(H,16,20). The minimum absolute atomic E-state index is 0.121. The van der Waals surface area contributed by atoms with Gasteiger partial charge in [-0.1, -0.05) is 12.1 Å². The average Bonchev–Trinajstić information content (AvgIpc) is 3.03. The van der Waals surface area contributed by atoms with Gasteiger partial charge in [0, 0.05) is 25.7 Å². The molecule has 0 aliphatic rings. The SMILES string of the molecule is Cc1cc(CCNC(=O)c2nc3ccccc3s2)nn1C. The number of nitrogens with one attached hydrogen (secondary N) is 1. The van der Waals surface area contributed by atoms with E-state index in [0.717, 1.165) is 28.0 Å². The Morgan fingerprint density at radius 1 is 1.38 bits per heavy atom. The number of fused-ring (bicyclic) bond motifs is 1.